The molecule has 0 radical (unpaired) electrons. The van der Waals surface area contributed by atoms with Gasteiger partial charge in [0.05, 0.1) is 4.88 Å². The van der Waals surface area contributed by atoms with Crippen LogP contribution in [0.4, 0.5) is 4.39 Å². The monoisotopic (exact) mass is 427 g/mol. The Morgan fingerprint density at radius 1 is 1.08 bits per heavy atom. The van der Waals surface area contributed by atoms with Gasteiger partial charge in [0.25, 0.3) is 0 Å². The quantitative estimate of drug-likeness (QED) is 0.540. The first kappa shape index (κ1) is 17.0. The second kappa shape index (κ2) is 6.70. The van der Waals surface area contributed by atoms with E-state index >= 15 is 0 Å². The van der Waals surface area contributed by atoms with Crippen LogP contribution in [0.15, 0.2) is 63.4 Å². The van der Waals surface area contributed by atoms with E-state index in [2.05, 4.69) is 20.9 Å². The molecular weight excluding hydrogens is 417 g/mol. The van der Waals surface area contributed by atoms with Gasteiger partial charge in [-0.15, -0.1) is 11.3 Å². The van der Waals surface area contributed by atoms with Crippen molar-refractivity contribution < 1.29 is 14.0 Å². The van der Waals surface area contributed by atoms with Crippen LogP contribution in [0, 0.1) is 5.82 Å². The third kappa shape index (κ3) is 2.95. The highest BCUT2D eigenvalue weighted by atomic mass is 79.9. The highest BCUT2D eigenvalue weighted by Gasteiger charge is 2.30. The molecule has 1 aliphatic heterocycles. The topological polar surface area (TPSA) is 46.5 Å². The van der Waals surface area contributed by atoms with Crippen LogP contribution in [0.2, 0.25) is 0 Å². The summed E-state index contributed by atoms with van der Waals surface area (Å²) in [7, 11) is 0. The molecular formula is C20H11BrFNO2S. The van der Waals surface area contributed by atoms with Crippen molar-refractivity contribution in [2.45, 2.75) is 0 Å². The Hall–Kier alpha value is -2.44. The molecule has 0 amide bonds. The van der Waals surface area contributed by atoms with E-state index in [1.165, 1.54) is 35.6 Å². The maximum Gasteiger partial charge on any atom is 0.212 e. The number of halogens is 2. The van der Waals surface area contributed by atoms with E-state index in [1.54, 1.807) is 0 Å². The molecule has 0 spiro atoms. The number of aliphatic imine (C=N–C) groups is 1. The van der Waals surface area contributed by atoms with Crippen molar-refractivity contribution in [1.82, 2.24) is 0 Å². The molecule has 2 heterocycles. The molecule has 0 saturated heterocycles. The van der Waals surface area contributed by atoms with Crippen LogP contribution in [0.25, 0.3) is 11.1 Å². The van der Waals surface area contributed by atoms with Gasteiger partial charge in [0, 0.05) is 26.5 Å². The van der Waals surface area contributed by atoms with Crippen molar-refractivity contribution in [2.24, 2.45) is 4.99 Å². The van der Waals surface area contributed by atoms with Crippen LogP contribution in [0.1, 0.15) is 25.6 Å². The minimum Gasteiger partial charge on any atom is -0.292 e. The predicted molar refractivity (Wildman–Crippen MR) is 104 cm³/mol. The molecule has 0 atom stereocenters. The van der Waals surface area contributed by atoms with Crippen LogP contribution in [0.5, 0.6) is 0 Å². The van der Waals surface area contributed by atoms with Crippen LogP contribution >= 0.6 is 27.3 Å². The van der Waals surface area contributed by atoms with E-state index in [-0.39, 0.29) is 23.8 Å². The van der Waals surface area contributed by atoms with Crippen LogP contribution < -0.4 is 0 Å². The Kier molecular flexibility index (Phi) is 4.38. The van der Waals surface area contributed by atoms with E-state index in [4.69, 9.17) is 0 Å². The lowest BCUT2D eigenvalue weighted by Crippen LogP contribution is -2.24. The first-order valence-corrected chi connectivity index (χ1v) is 9.47. The molecule has 0 bridgehead atoms. The van der Waals surface area contributed by atoms with Gasteiger partial charge in [0.2, 0.25) is 5.78 Å². The van der Waals surface area contributed by atoms with Crippen molar-refractivity contribution in [3.8, 4) is 11.1 Å². The minimum atomic E-state index is -0.406. The summed E-state index contributed by atoms with van der Waals surface area (Å²) < 4.78 is 14.1. The Labute approximate surface area is 161 Å². The summed E-state index contributed by atoms with van der Waals surface area (Å²) in [6.07, 6.45) is 0. The lowest BCUT2D eigenvalue weighted by molar-refractivity contribution is 0.100. The van der Waals surface area contributed by atoms with Crippen molar-refractivity contribution >= 4 is 44.5 Å². The van der Waals surface area contributed by atoms with Crippen molar-refractivity contribution in [2.75, 3.05) is 6.54 Å². The fourth-order valence-corrected chi connectivity index (χ4v) is 4.23. The molecule has 3 nitrogen and oxygen atoms in total. The summed E-state index contributed by atoms with van der Waals surface area (Å²) in [5.41, 5.74) is 2.87. The van der Waals surface area contributed by atoms with E-state index in [1.807, 2.05) is 29.6 Å². The third-order valence-corrected chi connectivity index (χ3v) is 5.66. The predicted octanol–water partition coefficient (Wildman–Crippen LogP) is 5.19. The number of thiophene rings is 1. The lowest BCUT2D eigenvalue weighted by Gasteiger charge is -2.13. The second-order valence-corrected chi connectivity index (χ2v) is 7.58. The maximum absolute atomic E-state index is 13.1. The summed E-state index contributed by atoms with van der Waals surface area (Å²) in [4.78, 5) is 30.1. The van der Waals surface area contributed by atoms with Gasteiger partial charge in [-0.3, -0.25) is 14.6 Å². The summed E-state index contributed by atoms with van der Waals surface area (Å²) in [6, 6.07) is 13.0. The normalized spacial score (nSPS) is 13.3. The maximum atomic E-state index is 13.1. The van der Waals surface area contributed by atoms with Crippen LogP contribution in [-0.4, -0.2) is 23.8 Å². The summed E-state index contributed by atoms with van der Waals surface area (Å²) in [6.45, 7) is -0.0600. The Morgan fingerprint density at radius 3 is 2.46 bits per heavy atom. The van der Waals surface area contributed by atoms with E-state index in [0.717, 1.165) is 15.6 Å². The zero-order chi connectivity index (χ0) is 18.3. The van der Waals surface area contributed by atoms with Gasteiger partial charge in [-0.2, -0.15) is 0 Å². The largest absolute Gasteiger partial charge is 0.292 e. The van der Waals surface area contributed by atoms with Gasteiger partial charge in [-0.25, -0.2) is 4.39 Å². The number of rotatable bonds is 3. The number of hydrogen-bond donors (Lipinski definition) is 0. The van der Waals surface area contributed by atoms with Gasteiger partial charge in [-0.1, -0.05) is 28.1 Å². The van der Waals surface area contributed by atoms with E-state index in [0.29, 0.717) is 16.0 Å². The van der Waals surface area contributed by atoms with Crippen molar-refractivity contribution in [1.29, 1.82) is 0 Å². The molecule has 128 valence electrons. The Morgan fingerprint density at radius 2 is 1.77 bits per heavy atom. The average Bonchev–Trinajstić information content (AvgIpc) is 3.09. The molecule has 0 N–H and O–H groups in total. The Balaban J connectivity index is 1.78. The molecule has 0 aliphatic carbocycles. The zero-order valence-electron chi connectivity index (χ0n) is 13.3. The van der Waals surface area contributed by atoms with Crippen molar-refractivity contribution in [3.05, 3.63) is 80.2 Å². The molecule has 0 unspecified atom stereocenters. The van der Waals surface area contributed by atoms with E-state index < -0.39 is 5.82 Å². The van der Waals surface area contributed by atoms with Gasteiger partial charge in [0.15, 0.2) is 5.78 Å². The fraction of sp³-hybridized carbons (Fsp3) is 0.0500. The number of nitrogens with zero attached hydrogens (tertiary/aromatic N) is 1. The number of ketones is 2. The molecule has 2 aromatic carbocycles. The summed E-state index contributed by atoms with van der Waals surface area (Å²) in [5.74, 6) is -0.811. The highest BCUT2D eigenvalue weighted by molar-refractivity contribution is 9.10. The van der Waals surface area contributed by atoms with Gasteiger partial charge >= 0.3 is 0 Å². The number of carbonyl (C=O) groups excluding carboxylic acids is 2. The van der Waals surface area contributed by atoms with E-state index in [9.17, 15) is 14.0 Å². The number of Topliss-reactive ketones (excluding diaryl/α,β-unsaturated/α-hetero) is 2. The van der Waals surface area contributed by atoms with Gasteiger partial charge in [-0.05, 0) is 42.0 Å². The smallest absolute Gasteiger partial charge is 0.212 e. The number of hydrogen-bond acceptors (Lipinski definition) is 4. The van der Waals surface area contributed by atoms with Gasteiger partial charge in [0.1, 0.15) is 18.1 Å². The first-order valence-electron chi connectivity index (χ1n) is 7.80. The first-order chi connectivity index (χ1) is 12.5. The third-order valence-electron chi connectivity index (χ3n) is 4.14. The average molecular weight is 428 g/mol. The molecule has 3 aromatic rings. The van der Waals surface area contributed by atoms with Crippen LogP contribution in [0.3, 0.4) is 0 Å². The highest BCUT2D eigenvalue weighted by Crippen LogP contribution is 2.35. The molecule has 26 heavy (non-hydrogen) atoms. The molecule has 1 aliphatic rings. The molecule has 4 rings (SSSR count). The Bertz CT molecular complexity index is 1050. The zero-order valence-corrected chi connectivity index (χ0v) is 15.7. The van der Waals surface area contributed by atoms with Crippen molar-refractivity contribution in [3.63, 3.8) is 0 Å². The minimum absolute atomic E-state index is 0.0600. The van der Waals surface area contributed by atoms with Crippen LogP contribution in [-0.2, 0) is 0 Å². The molecule has 0 saturated carbocycles. The molecule has 1 aromatic heterocycles. The lowest BCUT2D eigenvalue weighted by atomic mass is 9.94. The number of benzene rings is 2. The number of fused-ring (bicyclic) bond motifs is 1. The summed E-state index contributed by atoms with van der Waals surface area (Å²) in [5, 5.41) is 1.88. The van der Waals surface area contributed by atoms with Gasteiger partial charge < -0.3 is 0 Å². The molecule has 6 heteroatoms. The SMILES string of the molecule is O=C(C1=NCC(=O)c2c(-c3ccc(Br)cc3)csc21)c1ccc(F)cc1. The number of carbonyl (C=O) groups is 2. The standard InChI is InChI=1S/C20H11BrFNO2S/c21-13-5-1-11(2-6-13)15-10-26-20-17(15)16(24)9-23-18(20)19(25)12-3-7-14(22)8-4-12/h1-8,10H,9H2. The fourth-order valence-electron chi connectivity index (χ4n) is 2.87. The summed E-state index contributed by atoms with van der Waals surface area (Å²) >= 11 is 4.73. The molecule has 0 fully saturated rings. The second-order valence-electron chi connectivity index (χ2n) is 5.78.